The lowest BCUT2D eigenvalue weighted by molar-refractivity contribution is -0.522. The number of pyridine rings is 2. The molecule has 1 aliphatic carbocycles. The number of carbonyl (C=O) groups is 2. The summed E-state index contributed by atoms with van der Waals surface area (Å²) < 4.78 is 20.5. The smallest absolute Gasteiger partial charge is 0.288 e. The van der Waals surface area contributed by atoms with Gasteiger partial charge in [0.25, 0.3) is 5.91 Å². The summed E-state index contributed by atoms with van der Waals surface area (Å²) in [6, 6.07) is 11.6. The van der Waals surface area contributed by atoms with Crippen molar-refractivity contribution in [1.82, 2.24) is 20.2 Å². The summed E-state index contributed by atoms with van der Waals surface area (Å²) >= 11 is 0. The second-order valence-electron chi connectivity index (χ2n) is 11.5. The zero-order valence-electron chi connectivity index (χ0n) is 24.3. The highest BCUT2D eigenvalue weighted by molar-refractivity contribution is 5.87. The molecule has 4 heterocycles. The Morgan fingerprint density at radius 1 is 1.12 bits per heavy atom. The first kappa shape index (κ1) is 27.9. The quantitative estimate of drug-likeness (QED) is 0.413. The Kier molecular flexibility index (Phi) is 8.21. The minimum atomic E-state index is 0.0564. The van der Waals surface area contributed by atoms with Gasteiger partial charge in [-0.25, -0.2) is 9.56 Å². The van der Waals surface area contributed by atoms with Gasteiger partial charge < -0.3 is 24.4 Å². The maximum absolute atomic E-state index is 12.0. The van der Waals surface area contributed by atoms with E-state index >= 15 is 0 Å². The Morgan fingerprint density at radius 2 is 1.98 bits per heavy atom. The number of piperazine rings is 1. The molecular weight excluding hydrogens is 534 g/mol. The SMILES string of the molecule is COc1cc(-c2cc3ncccc3c(OCC3CNC(=O)C3)n2)ccc1OC1CCC(C=[N+]2CCN(C)C(=O)C2)CC1. The molecule has 10 nitrogen and oxygen atoms in total. The number of fused-ring (bicyclic) bond motifs is 1. The lowest BCUT2D eigenvalue weighted by Gasteiger charge is -2.28. The van der Waals surface area contributed by atoms with Crippen LogP contribution >= 0.6 is 0 Å². The van der Waals surface area contributed by atoms with Crippen LogP contribution < -0.4 is 19.5 Å². The van der Waals surface area contributed by atoms with Crippen LogP contribution in [0.15, 0.2) is 42.6 Å². The lowest BCUT2D eigenvalue weighted by Crippen LogP contribution is -2.45. The normalized spacial score (nSPS) is 23.7. The molecule has 42 heavy (non-hydrogen) atoms. The van der Waals surface area contributed by atoms with Crippen LogP contribution in [-0.4, -0.2) is 90.5 Å². The predicted molar refractivity (Wildman–Crippen MR) is 158 cm³/mol. The average Bonchev–Trinajstić information content (AvgIpc) is 3.43. The third-order valence-electron chi connectivity index (χ3n) is 8.46. The molecule has 1 N–H and O–H groups in total. The van der Waals surface area contributed by atoms with Gasteiger partial charge in [-0.1, -0.05) is 0 Å². The Labute approximate surface area is 245 Å². The number of aromatic nitrogens is 2. The van der Waals surface area contributed by atoms with Crippen molar-refractivity contribution >= 4 is 28.9 Å². The molecule has 1 unspecified atom stereocenters. The maximum Gasteiger partial charge on any atom is 0.288 e. The van der Waals surface area contributed by atoms with E-state index in [9.17, 15) is 9.59 Å². The fourth-order valence-corrected chi connectivity index (χ4v) is 5.94. The Bertz CT molecular complexity index is 1500. The highest BCUT2D eigenvalue weighted by Crippen LogP contribution is 2.37. The van der Waals surface area contributed by atoms with Crippen molar-refractivity contribution in [2.24, 2.45) is 11.8 Å². The number of benzene rings is 1. The standard InChI is InChI=1S/C32H37N5O5/c1-36-12-13-37(19-31(36)39)18-21-5-8-24(9-6-21)42-28-10-7-23(15-29(28)40-2)26-16-27-25(4-3-11-33-27)32(35-26)41-20-22-14-30(38)34-17-22/h3-4,7,10-11,15-16,18,21-22,24H,5-6,8-9,12-14,17,19-20H2,1-2H3/p+1. The van der Waals surface area contributed by atoms with Crippen molar-refractivity contribution in [2.45, 2.75) is 38.2 Å². The van der Waals surface area contributed by atoms with E-state index in [1.165, 1.54) is 0 Å². The molecule has 3 aliphatic rings. The third kappa shape index (κ3) is 6.32. The van der Waals surface area contributed by atoms with Crippen LogP contribution in [0, 0.1) is 11.8 Å². The van der Waals surface area contributed by atoms with Crippen molar-refractivity contribution in [3.63, 3.8) is 0 Å². The molecule has 0 bridgehead atoms. The molecular formula is C32H38N5O5+. The van der Waals surface area contributed by atoms with E-state index in [0.717, 1.165) is 60.9 Å². The summed E-state index contributed by atoms with van der Waals surface area (Å²) in [4.78, 5) is 34.8. The zero-order chi connectivity index (χ0) is 29.1. The summed E-state index contributed by atoms with van der Waals surface area (Å²) in [7, 11) is 3.52. The Morgan fingerprint density at radius 3 is 2.74 bits per heavy atom. The van der Waals surface area contributed by atoms with Crippen molar-refractivity contribution < 1.29 is 28.4 Å². The summed E-state index contributed by atoms with van der Waals surface area (Å²) in [5.41, 5.74) is 2.38. The molecule has 3 fully saturated rings. The van der Waals surface area contributed by atoms with Crippen molar-refractivity contribution in [3.8, 4) is 28.6 Å². The highest BCUT2D eigenvalue weighted by atomic mass is 16.5. The fourth-order valence-electron chi connectivity index (χ4n) is 5.94. The van der Waals surface area contributed by atoms with Gasteiger partial charge in [-0.3, -0.25) is 14.6 Å². The van der Waals surface area contributed by atoms with Crippen LogP contribution in [-0.2, 0) is 9.59 Å². The summed E-state index contributed by atoms with van der Waals surface area (Å²) in [5.74, 6) is 2.70. The van der Waals surface area contributed by atoms with Crippen molar-refractivity contribution in [1.29, 1.82) is 0 Å². The monoisotopic (exact) mass is 572 g/mol. The van der Waals surface area contributed by atoms with Crippen LogP contribution in [0.3, 0.4) is 0 Å². The molecule has 1 saturated carbocycles. The molecule has 0 spiro atoms. The van der Waals surface area contributed by atoms with Crippen LogP contribution in [0.5, 0.6) is 17.4 Å². The summed E-state index contributed by atoms with van der Waals surface area (Å²) in [6.45, 7) is 3.18. The van der Waals surface area contributed by atoms with E-state index in [0.29, 0.717) is 49.4 Å². The molecule has 2 saturated heterocycles. The zero-order valence-corrected chi connectivity index (χ0v) is 24.3. The number of methoxy groups -OCH3 is 1. The number of hydrogen-bond donors (Lipinski definition) is 1. The Balaban J connectivity index is 1.14. The van der Waals surface area contributed by atoms with E-state index in [-0.39, 0.29) is 23.8 Å². The number of hydrogen-bond acceptors (Lipinski definition) is 7. The summed E-state index contributed by atoms with van der Waals surface area (Å²) in [5, 5.41) is 3.69. The first-order chi connectivity index (χ1) is 20.4. The number of likely N-dealkylation sites (N-methyl/N-ethyl adjacent to an activating group) is 1. The molecule has 1 aromatic carbocycles. The second-order valence-corrected chi connectivity index (χ2v) is 11.5. The number of nitrogens with one attached hydrogen (secondary N) is 1. The number of nitrogens with zero attached hydrogens (tertiary/aromatic N) is 4. The van der Waals surface area contributed by atoms with Gasteiger partial charge in [0.1, 0.15) is 6.21 Å². The first-order valence-electron chi connectivity index (χ1n) is 14.8. The number of carbonyl (C=O) groups excluding carboxylic acids is 2. The summed E-state index contributed by atoms with van der Waals surface area (Å²) in [6.07, 6.45) is 8.58. The molecule has 0 radical (unpaired) electrons. The van der Waals surface area contributed by atoms with Gasteiger partial charge in [0.2, 0.25) is 18.3 Å². The van der Waals surface area contributed by atoms with E-state index in [1.807, 2.05) is 43.4 Å². The van der Waals surface area contributed by atoms with Crippen LogP contribution in [0.2, 0.25) is 0 Å². The number of rotatable bonds is 8. The van der Waals surface area contributed by atoms with E-state index < -0.39 is 0 Å². The van der Waals surface area contributed by atoms with Gasteiger partial charge in [-0.05, 0) is 62.1 Å². The van der Waals surface area contributed by atoms with Crippen LogP contribution in [0.25, 0.3) is 22.2 Å². The minimum Gasteiger partial charge on any atom is -0.493 e. The van der Waals surface area contributed by atoms with Gasteiger partial charge in [-0.15, -0.1) is 0 Å². The van der Waals surface area contributed by atoms with Gasteiger partial charge in [0.15, 0.2) is 18.0 Å². The predicted octanol–water partition coefficient (Wildman–Crippen LogP) is 3.31. The third-order valence-corrected chi connectivity index (χ3v) is 8.46. The van der Waals surface area contributed by atoms with Gasteiger partial charge in [0.05, 0.1) is 43.0 Å². The molecule has 1 atom stereocenters. The average molecular weight is 573 g/mol. The van der Waals surface area contributed by atoms with Crippen LogP contribution in [0.1, 0.15) is 32.1 Å². The molecule has 2 amide bonds. The van der Waals surface area contributed by atoms with Crippen LogP contribution in [0.4, 0.5) is 0 Å². The topological polar surface area (TPSA) is 106 Å². The van der Waals surface area contributed by atoms with Gasteiger partial charge in [0, 0.05) is 43.6 Å². The molecule has 2 aliphatic heterocycles. The van der Waals surface area contributed by atoms with Crippen molar-refractivity contribution in [3.05, 3.63) is 42.6 Å². The maximum atomic E-state index is 12.0. The molecule has 220 valence electrons. The van der Waals surface area contributed by atoms with E-state index in [4.69, 9.17) is 19.2 Å². The van der Waals surface area contributed by atoms with E-state index in [1.54, 1.807) is 18.2 Å². The number of amides is 2. The highest BCUT2D eigenvalue weighted by Gasteiger charge is 2.28. The van der Waals surface area contributed by atoms with Gasteiger partial charge >= 0.3 is 0 Å². The van der Waals surface area contributed by atoms with Gasteiger partial charge in [-0.2, -0.15) is 0 Å². The first-order valence-corrected chi connectivity index (χ1v) is 14.8. The molecule has 3 aromatic rings. The molecule has 6 rings (SSSR count). The van der Waals surface area contributed by atoms with E-state index in [2.05, 4.69) is 21.1 Å². The largest absolute Gasteiger partial charge is 0.493 e. The number of ether oxygens (including phenoxy) is 3. The fraction of sp³-hybridized carbons (Fsp3) is 0.469. The molecule has 2 aromatic heterocycles. The van der Waals surface area contributed by atoms with Crippen molar-refractivity contribution in [2.75, 3.05) is 46.9 Å². The second kappa shape index (κ2) is 12.3. The lowest BCUT2D eigenvalue weighted by atomic mass is 9.88. The Hall–Kier alpha value is -4.21. The molecule has 10 heteroatoms. The minimum absolute atomic E-state index is 0.0564.